The zero-order valence-electron chi connectivity index (χ0n) is 10.0. The number of fused-ring (bicyclic) bond motifs is 1. The summed E-state index contributed by atoms with van der Waals surface area (Å²) in [6.07, 6.45) is 0. The van der Waals surface area contributed by atoms with Crippen molar-refractivity contribution in [1.82, 2.24) is 0 Å². The van der Waals surface area contributed by atoms with Crippen LogP contribution in [-0.4, -0.2) is 6.54 Å². The van der Waals surface area contributed by atoms with Crippen molar-refractivity contribution in [3.63, 3.8) is 0 Å². The van der Waals surface area contributed by atoms with Crippen molar-refractivity contribution in [2.45, 2.75) is 12.6 Å². The normalized spacial score (nSPS) is 17.9. The van der Waals surface area contributed by atoms with Crippen LogP contribution in [0.15, 0.2) is 48.5 Å². The van der Waals surface area contributed by atoms with E-state index in [1.54, 1.807) is 0 Å². The summed E-state index contributed by atoms with van der Waals surface area (Å²) in [5.74, 6) is 0. The summed E-state index contributed by atoms with van der Waals surface area (Å²) in [6.45, 7) is 1.66. The maximum Gasteiger partial charge on any atom is 0.0493 e. The highest BCUT2D eigenvalue weighted by Gasteiger charge is 2.25. The molecule has 3 rings (SSSR count). The Morgan fingerprint density at radius 2 is 1.83 bits per heavy atom. The van der Waals surface area contributed by atoms with Gasteiger partial charge in [-0.05, 0) is 23.3 Å². The molecule has 3 heteroatoms. The van der Waals surface area contributed by atoms with E-state index in [2.05, 4.69) is 29.2 Å². The zero-order chi connectivity index (χ0) is 12.5. The van der Waals surface area contributed by atoms with Crippen LogP contribution in [0.25, 0.3) is 0 Å². The van der Waals surface area contributed by atoms with Crippen LogP contribution in [-0.2, 0) is 6.54 Å². The number of rotatable bonds is 2. The first kappa shape index (κ1) is 11.6. The van der Waals surface area contributed by atoms with Crippen molar-refractivity contribution >= 4 is 17.3 Å². The quantitative estimate of drug-likeness (QED) is 0.895. The second kappa shape index (κ2) is 4.63. The number of para-hydroxylation sites is 1. The molecule has 2 N–H and O–H groups in total. The Balaban J connectivity index is 1.90. The highest BCUT2D eigenvalue weighted by atomic mass is 35.5. The van der Waals surface area contributed by atoms with E-state index in [1.807, 2.05) is 24.3 Å². The van der Waals surface area contributed by atoms with Gasteiger partial charge in [0.25, 0.3) is 0 Å². The molecule has 1 aliphatic heterocycles. The van der Waals surface area contributed by atoms with E-state index in [9.17, 15) is 0 Å². The van der Waals surface area contributed by atoms with Gasteiger partial charge in [-0.25, -0.2) is 0 Å². The number of nitrogens with zero attached hydrogens (tertiary/aromatic N) is 1. The first-order valence-corrected chi connectivity index (χ1v) is 6.46. The fourth-order valence-corrected chi connectivity index (χ4v) is 2.70. The number of anilines is 1. The lowest BCUT2D eigenvalue weighted by Gasteiger charge is -2.20. The molecule has 1 aliphatic rings. The first-order valence-electron chi connectivity index (χ1n) is 6.08. The summed E-state index contributed by atoms with van der Waals surface area (Å²) in [4.78, 5) is 2.29. The smallest absolute Gasteiger partial charge is 0.0493 e. The molecule has 2 nitrogen and oxygen atoms in total. The molecular weight excluding hydrogens is 244 g/mol. The number of benzene rings is 2. The number of nitrogens with two attached hydrogens (primary N) is 1. The molecule has 0 spiro atoms. The Kier molecular flexibility index (Phi) is 2.98. The molecule has 0 aromatic heterocycles. The van der Waals surface area contributed by atoms with E-state index in [-0.39, 0.29) is 6.04 Å². The van der Waals surface area contributed by atoms with Crippen LogP contribution in [0.2, 0.25) is 5.02 Å². The van der Waals surface area contributed by atoms with E-state index in [0.717, 1.165) is 23.7 Å². The molecule has 18 heavy (non-hydrogen) atoms. The molecule has 0 fully saturated rings. The average molecular weight is 259 g/mol. The summed E-state index contributed by atoms with van der Waals surface area (Å²) >= 11 is 6.21. The van der Waals surface area contributed by atoms with Gasteiger partial charge in [0, 0.05) is 29.8 Å². The Labute approximate surface area is 112 Å². The third-order valence-corrected chi connectivity index (χ3v) is 3.78. The summed E-state index contributed by atoms with van der Waals surface area (Å²) in [5, 5.41) is 0.815. The van der Waals surface area contributed by atoms with Gasteiger partial charge in [-0.1, -0.05) is 48.0 Å². The molecule has 0 saturated carbocycles. The summed E-state index contributed by atoms with van der Waals surface area (Å²) in [5.41, 5.74) is 9.75. The van der Waals surface area contributed by atoms with Crippen molar-refractivity contribution in [3.8, 4) is 0 Å². The molecule has 0 radical (unpaired) electrons. The number of halogens is 1. The number of hydrogen-bond acceptors (Lipinski definition) is 2. The maximum atomic E-state index is 6.21. The van der Waals surface area contributed by atoms with Gasteiger partial charge in [-0.3, -0.25) is 0 Å². The van der Waals surface area contributed by atoms with Gasteiger partial charge in [0.15, 0.2) is 0 Å². The minimum absolute atomic E-state index is 0.101. The Bertz CT molecular complexity index is 568. The van der Waals surface area contributed by atoms with Gasteiger partial charge in [0.1, 0.15) is 0 Å². The molecule has 0 saturated heterocycles. The van der Waals surface area contributed by atoms with Crippen molar-refractivity contribution in [1.29, 1.82) is 0 Å². The maximum absolute atomic E-state index is 6.21. The lowest BCUT2D eigenvalue weighted by Crippen LogP contribution is -2.24. The molecule has 1 heterocycles. The molecule has 0 amide bonds. The first-order chi connectivity index (χ1) is 8.75. The van der Waals surface area contributed by atoms with Crippen LogP contribution in [0.3, 0.4) is 0 Å². The van der Waals surface area contributed by atoms with Gasteiger partial charge < -0.3 is 10.6 Å². The van der Waals surface area contributed by atoms with Gasteiger partial charge in [-0.15, -0.1) is 0 Å². The third kappa shape index (κ3) is 1.98. The standard InChI is InChI=1S/C15H15ClN2/c16-13-7-3-1-5-11(13)9-18-10-14(17)12-6-2-4-8-15(12)18/h1-8,14H,9-10,17H2/t14-/m1/s1. The highest BCUT2D eigenvalue weighted by Crippen LogP contribution is 2.34. The van der Waals surface area contributed by atoms with E-state index in [1.165, 1.54) is 11.3 Å². The predicted octanol–water partition coefficient (Wildman–Crippen LogP) is 3.36. The van der Waals surface area contributed by atoms with E-state index in [4.69, 9.17) is 17.3 Å². The summed E-state index contributed by atoms with van der Waals surface area (Å²) in [7, 11) is 0. The fraction of sp³-hybridized carbons (Fsp3) is 0.200. The van der Waals surface area contributed by atoms with Gasteiger partial charge in [0.05, 0.1) is 0 Å². The lowest BCUT2D eigenvalue weighted by atomic mass is 10.1. The number of hydrogen-bond donors (Lipinski definition) is 1. The zero-order valence-corrected chi connectivity index (χ0v) is 10.8. The minimum atomic E-state index is 0.101. The van der Waals surface area contributed by atoms with Crippen LogP contribution in [0, 0.1) is 0 Å². The van der Waals surface area contributed by atoms with E-state index >= 15 is 0 Å². The van der Waals surface area contributed by atoms with E-state index in [0.29, 0.717) is 0 Å². The lowest BCUT2D eigenvalue weighted by molar-refractivity contribution is 0.720. The van der Waals surface area contributed by atoms with Crippen LogP contribution in [0.5, 0.6) is 0 Å². The molecule has 0 aliphatic carbocycles. The SMILES string of the molecule is N[C@@H]1CN(Cc2ccccc2Cl)c2ccccc21. The summed E-state index contributed by atoms with van der Waals surface area (Å²) in [6, 6.07) is 16.4. The van der Waals surface area contributed by atoms with Crippen molar-refractivity contribution in [2.24, 2.45) is 5.73 Å². The molecule has 0 unspecified atom stereocenters. The highest BCUT2D eigenvalue weighted by molar-refractivity contribution is 6.31. The molecule has 92 valence electrons. The Hall–Kier alpha value is -1.51. The van der Waals surface area contributed by atoms with Crippen molar-refractivity contribution in [2.75, 3.05) is 11.4 Å². The molecule has 1 atom stereocenters. The van der Waals surface area contributed by atoms with Gasteiger partial charge >= 0.3 is 0 Å². The van der Waals surface area contributed by atoms with Crippen LogP contribution < -0.4 is 10.6 Å². The molecule has 2 aromatic carbocycles. The van der Waals surface area contributed by atoms with Crippen molar-refractivity contribution in [3.05, 3.63) is 64.7 Å². The average Bonchev–Trinajstić information content (AvgIpc) is 2.70. The molecule has 0 bridgehead atoms. The predicted molar refractivity (Wildman–Crippen MR) is 75.9 cm³/mol. The monoisotopic (exact) mass is 258 g/mol. The van der Waals surface area contributed by atoms with Crippen LogP contribution in [0.1, 0.15) is 17.2 Å². The van der Waals surface area contributed by atoms with Gasteiger partial charge in [0.2, 0.25) is 0 Å². The second-order valence-corrected chi connectivity index (χ2v) is 5.04. The minimum Gasteiger partial charge on any atom is -0.365 e. The van der Waals surface area contributed by atoms with E-state index < -0.39 is 0 Å². The summed E-state index contributed by atoms with van der Waals surface area (Å²) < 4.78 is 0. The Morgan fingerprint density at radius 3 is 2.67 bits per heavy atom. The second-order valence-electron chi connectivity index (χ2n) is 4.64. The molecule has 2 aromatic rings. The third-order valence-electron chi connectivity index (χ3n) is 3.41. The fourth-order valence-electron chi connectivity index (χ4n) is 2.51. The van der Waals surface area contributed by atoms with Gasteiger partial charge in [-0.2, -0.15) is 0 Å². The topological polar surface area (TPSA) is 29.3 Å². The van der Waals surface area contributed by atoms with Crippen molar-refractivity contribution < 1.29 is 0 Å². The molecular formula is C15H15ClN2. The van der Waals surface area contributed by atoms with Crippen LogP contribution in [0.4, 0.5) is 5.69 Å². The van der Waals surface area contributed by atoms with Crippen LogP contribution >= 0.6 is 11.6 Å². The largest absolute Gasteiger partial charge is 0.365 e. The Morgan fingerprint density at radius 1 is 1.11 bits per heavy atom.